The lowest BCUT2D eigenvalue weighted by molar-refractivity contribution is -0.126. The largest absolute Gasteiger partial charge is 0.478 e. The zero-order valence-corrected chi connectivity index (χ0v) is 14.6. The van der Waals surface area contributed by atoms with Gasteiger partial charge in [0.1, 0.15) is 6.04 Å². The van der Waals surface area contributed by atoms with E-state index in [1.165, 1.54) is 0 Å². The second-order valence-corrected chi connectivity index (χ2v) is 5.75. The number of carbonyl (C=O) groups excluding carboxylic acids is 1. The van der Waals surface area contributed by atoms with Crippen molar-refractivity contribution in [2.75, 3.05) is 13.1 Å². The molecule has 0 aliphatic carbocycles. The topological polar surface area (TPSA) is 69.6 Å². The highest BCUT2D eigenvalue weighted by molar-refractivity contribution is 5.87. The molecular weight excluding hydrogens is 316 g/mol. The molecule has 0 spiro atoms. The van der Waals surface area contributed by atoms with Crippen LogP contribution >= 0.6 is 0 Å². The third-order valence-electron chi connectivity index (χ3n) is 4.21. The summed E-state index contributed by atoms with van der Waals surface area (Å²) in [5.41, 5.74) is 2.06. The van der Waals surface area contributed by atoms with Gasteiger partial charge in [-0.05, 0) is 36.3 Å². The van der Waals surface area contributed by atoms with E-state index in [4.69, 9.17) is 5.11 Å². The lowest BCUT2D eigenvalue weighted by Crippen LogP contribution is -2.40. The fourth-order valence-electron chi connectivity index (χ4n) is 2.80. The quantitative estimate of drug-likeness (QED) is 0.775. The fourth-order valence-corrected chi connectivity index (χ4v) is 2.80. The molecule has 0 aliphatic heterocycles. The van der Waals surface area contributed by atoms with Gasteiger partial charge in [0.25, 0.3) is 0 Å². The van der Waals surface area contributed by atoms with Crippen molar-refractivity contribution in [1.82, 2.24) is 10.2 Å². The van der Waals surface area contributed by atoms with Crippen LogP contribution < -0.4 is 5.32 Å². The first-order valence-corrected chi connectivity index (χ1v) is 8.45. The number of likely N-dealkylation sites (N-methyl/N-ethyl adjacent to an activating group) is 1. The van der Waals surface area contributed by atoms with E-state index >= 15 is 0 Å². The van der Waals surface area contributed by atoms with Crippen LogP contribution in [0.4, 0.5) is 0 Å². The van der Waals surface area contributed by atoms with Gasteiger partial charge < -0.3 is 10.4 Å². The highest BCUT2D eigenvalue weighted by Crippen LogP contribution is 2.20. The number of carboxylic acid groups (broad SMARTS) is 1. The molecule has 0 aliphatic rings. The van der Waals surface area contributed by atoms with Crippen LogP contribution in [0.1, 0.15) is 41.4 Å². The number of hydrogen-bond acceptors (Lipinski definition) is 3. The predicted octanol–water partition coefficient (Wildman–Crippen LogP) is 3.08. The average Bonchev–Trinajstić information content (AvgIpc) is 2.65. The van der Waals surface area contributed by atoms with Crippen LogP contribution in [-0.4, -0.2) is 35.0 Å². The zero-order valence-electron chi connectivity index (χ0n) is 14.6. The summed E-state index contributed by atoms with van der Waals surface area (Å²) in [5, 5.41) is 11.9. The molecule has 2 aromatic rings. The molecule has 0 radical (unpaired) electrons. The first-order chi connectivity index (χ1) is 12.1. The van der Waals surface area contributed by atoms with E-state index in [0.29, 0.717) is 6.54 Å². The van der Waals surface area contributed by atoms with Crippen molar-refractivity contribution in [2.45, 2.75) is 26.4 Å². The molecule has 25 heavy (non-hydrogen) atoms. The van der Waals surface area contributed by atoms with Crippen molar-refractivity contribution >= 4 is 11.9 Å². The lowest BCUT2D eigenvalue weighted by atomic mass is 10.0. The number of hydrogen-bond donors (Lipinski definition) is 2. The molecule has 5 heteroatoms. The minimum Gasteiger partial charge on any atom is -0.478 e. The molecule has 2 aromatic carbocycles. The monoisotopic (exact) mass is 340 g/mol. The normalized spacial score (nSPS) is 12.0. The van der Waals surface area contributed by atoms with Gasteiger partial charge in [-0.1, -0.05) is 56.3 Å². The van der Waals surface area contributed by atoms with Gasteiger partial charge in [-0.25, -0.2) is 4.79 Å². The van der Waals surface area contributed by atoms with Crippen LogP contribution in [0.3, 0.4) is 0 Å². The molecule has 1 amide bonds. The molecule has 5 nitrogen and oxygen atoms in total. The van der Waals surface area contributed by atoms with Gasteiger partial charge in [0.2, 0.25) is 5.91 Å². The van der Waals surface area contributed by atoms with Gasteiger partial charge in [0.15, 0.2) is 0 Å². The van der Waals surface area contributed by atoms with Crippen molar-refractivity contribution in [3.05, 3.63) is 71.3 Å². The van der Waals surface area contributed by atoms with Gasteiger partial charge in [0, 0.05) is 6.54 Å². The number of amides is 1. The van der Waals surface area contributed by atoms with Crippen LogP contribution in [0.2, 0.25) is 0 Å². The molecule has 0 fully saturated rings. The number of carbonyl (C=O) groups is 2. The third kappa shape index (κ3) is 4.90. The Balaban J connectivity index is 2.10. The minimum absolute atomic E-state index is 0.0581. The van der Waals surface area contributed by atoms with Crippen molar-refractivity contribution in [2.24, 2.45) is 0 Å². The molecule has 2 N–H and O–H groups in total. The summed E-state index contributed by atoms with van der Waals surface area (Å²) in [7, 11) is 0. The highest BCUT2D eigenvalue weighted by atomic mass is 16.4. The smallest absolute Gasteiger partial charge is 0.335 e. The Kier molecular flexibility index (Phi) is 6.71. The molecule has 0 aromatic heterocycles. The van der Waals surface area contributed by atoms with Crippen molar-refractivity contribution < 1.29 is 14.7 Å². The van der Waals surface area contributed by atoms with Gasteiger partial charge in [0.05, 0.1) is 5.56 Å². The summed E-state index contributed by atoms with van der Waals surface area (Å²) in [5.74, 6) is -1.02. The molecule has 0 saturated heterocycles. The van der Waals surface area contributed by atoms with Crippen LogP contribution in [0.5, 0.6) is 0 Å². The molecule has 1 atom stereocenters. The SMILES string of the molecule is CCN(CC)C(C(=O)NCc1ccc(C(=O)O)cc1)c1ccccc1. The summed E-state index contributed by atoms with van der Waals surface area (Å²) in [4.78, 5) is 25.8. The van der Waals surface area contributed by atoms with Gasteiger partial charge >= 0.3 is 5.97 Å². The summed E-state index contributed by atoms with van der Waals surface area (Å²) < 4.78 is 0. The Labute approximate surface area is 148 Å². The van der Waals surface area contributed by atoms with Crippen LogP contribution in [0.25, 0.3) is 0 Å². The van der Waals surface area contributed by atoms with E-state index < -0.39 is 5.97 Å². The summed E-state index contributed by atoms with van der Waals surface area (Å²) >= 11 is 0. The Morgan fingerprint density at radius 2 is 1.60 bits per heavy atom. The van der Waals surface area contributed by atoms with Gasteiger partial charge in [-0.2, -0.15) is 0 Å². The number of carboxylic acids is 1. The Morgan fingerprint density at radius 3 is 2.12 bits per heavy atom. The molecule has 0 saturated carbocycles. The first-order valence-electron chi connectivity index (χ1n) is 8.45. The van der Waals surface area contributed by atoms with Crippen molar-refractivity contribution in [3.8, 4) is 0 Å². The zero-order chi connectivity index (χ0) is 18.2. The highest BCUT2D eigenvalue weighted by Gasteiger charge is 2.25. The maximum absolute atomic E-state index is 12.8. The molecule has 132 valence electrons. The third-order valence-corrected chi connectivity index (χ3v) is 4.21. The molecule has 2 rings (SSSR count). The molecular formula is C20H24N2O3. The molecule has 0 bridgehead atoms. The van der Waals surface area contributed by atoms with E-state index in [1.807, 2.05) is 44.2 Å². The number of nitrogens with one attached hydrogen (secondary N) is 1. The van der Waals surface area contributed by atoms with Crippen LogP contribution in [0, 0.1) is 0 Å². The van der Waals surface area contributed by atoms with Crippen molar-refractivity contribution in [3.63, 3.8) is 0 Å². The predicted molar refractivity (Wildman–Crippen MR) is 97.4 cm³/mol. The van der Waals surface area contributed by atoms with Gasteiger partial charge in [-0.3, -0.25) is 9.69 Å². The van der Waals surface area contributed by atoms with E-state index in [0.717, 1.165) is 24.2 Å². The van der Waals surface area contributed by atoms with Gasteiger partial charge in [-0.15, -0.1) is 0 Å². The average molecular weight is 340 g/mol. The maximum atomic E-state index is 12.8. The standard InChI is InChI=1S/C20H24N2O3/c1-3-22(4-2)18(16-8-6-5-7-9-16)19(23)21-14-15-10-12-17(13-11-15)20(24)25/h5-13,18H,3-4,14H2,1-2H3,(H,21,23)(H,24,25). The number of aromatic carboxylic acids is 1. The van der Waals surface area contributed by atoms with Crippen molar-refractivity contribution in [1.29, 1.82) is 0 Å². The minimum atomic E-state index is -0.957. The Bertz CT molecular complexity index is 695. The van der Waals surface area contributed by atoms with Crippen LogP contribution in [0.15, 0.2) is 54.6 Å². The number of benzene rings is 2. The molecule has 0 heterocycles. The number of nitrogens with zero attached hydrogens (tertiary/aromatic N) is 1. The first kappa shape index (κ1) is 18.7. The van der Waals surface area contributed by atoms with Crippen LogP contribution in [-0.2, 0) is 11.3 Å². The van der Waals surface area contributed by atoms with E-state index in [9.17, 15) is 9.59 Å². The lowest BCUT2D eigenvalue weighted by Gasteiger charge is -2.29. The number of rotatable bonds is 8. The van der Waals surface area contributed by atoms with E-state index in [1.54, 1.807) is 24.3 Å². The molecule has 1 unspecified atom stereocenters. The van der Waals surface area contributed by atoms with E-state index in [-0.39, 0.29) is 17.5 Å². The second-order valence-electron chi connectivity index (χ2n) is 5.75. The Hall–Kier alpha value is -2.66. The summed E-state index contributed by atoms with van der Waals surface area (Å²) in [6.45, 7) is 5.99. The fraction of sp³-hybridized carbons (Fsp3) is 0.300. The maximum Gasteiger partial charge on any atom is 0.335 e. The van der Waals surface area contributed by atoms with E-state index in [2.05, 4.69) is 10.2 Å². The second kappa shape index (κ2) is 8.99. The Morgan fingerprint density at radius 1 is 1.00 bits per heavy atom. The summed E-state index contributed by atoms with van der Waals surface area (Å²) in [6.07, 6.45) is 0. The summed E-state index contributed by atoms with van der Waals surface area (Å²) in [6, 6.07) is 15.9.